The summed E-state index contributed by atoms with van der Waals surface area (Å²) in [5, 5.41) is 9.94. The molecule has 1 fully saturated rings. The van der Waals surface area contributed by atoms with Gasteiger partial charge < -0.3 is 5.11 Å². The standard InChI is InChI=1S/C16H24N2O/c1-12(2)17-8-10-18(11-9-17)15-7-6-14-13(15)4-3-5-16(14)19/h3-5,12,15,19H,6-11H2,1-2H3. The largest absolute Gasteiger partial charge is 0.508 e. The van der Waals surface area contributed by atoms with Crippen LogP contribution in [0.1, 0.15) is 37.4 Å². The van der Waals surface area contributed by atoms with Crippen LogP contribution in [-0.2, 0) is 6.42 Å². The zero-order chi connectivity index (χ0) is 13.4. The summed E-state index contributed by atoms with van der Waals surface area (Å²) in [4.78, 5) is 5.15. The number of hydrogen-bond acceptors (Lipinski definition) is 3. The highest BCUT2D eigenvalue weighted by atomic mass is 16.3. The third kappa shape index (κ3) is 2.37. The molecular formula is C16H24N2O. The van der Waals surface area contributed by atoms with Crippen molar-refractivity contribution in [1.29, 1.82) is 0 Å². The maximum atomic E-state index is 9.94. The number of piperazine rings is 1. The Morgan fingerprint density at radius 3 is 2.58 bits per heavy atom. The maximum absolute atomic E-state index is 9.94. The molecule has 1 heterocycles. The van der Waals surface area contributed by atoms with Gasteiger partial charge in [-0.1, -0.05) is 12.1 Å². The van der Waals surface area contributed by atoms with Crippen LogP contribution in [0.5, 0.6) is 5.75 Å². The highest BCUT2D eigenvalue weighted by Gasteiger charge is 2.31. The quantitative estimate of drug-likeness (QED) is 0.884. The van der Waals surface area contributed by atoms with Crippen LogP contribution in [0.3, 0.4) is 0 Å². The molecule has 1 unspecified atom stereocenters. The smallest absolute Gasteiger partial charge is 0.119 e. The predicted molar refractivity (Wildman–Crippen MR) is 77.5 cm³/mol. The van der Waals surface area contributed by atoms with E-state index in [9.17, 15) is 5.11 Å². The lowest BCUT2D eigenvalue weighted by Gasteiger charge is -2.40. The van der Waals surface area contributed by atoms with Crippen LogP contribution in [-0.4, -0.2) is 47.1 Å². The van der Waals surface area contributed by atoms with Crippen LogP contribution in [0.4, 0.5) is 0 Å². The minimum atomic E-state index is 0.487. The fraction of sp³-hybridized carbons (Fsp3) is 0.625. The van der Waals surface area contributed by atoms with Crippen molar-refractivity contribution in [1.82, 2.24) is 9.80 Å². The van der Waals surface area contributed by atoms with Gasteiger partial charge in [0.2, 0.25) is 0 Å². The Morgan fingerprint density at radius 2 is 1.89 bits per heavy atom. The molecule has 3 nitrogen and oxygen atoms in total. The van der Waals surface area contributed by atoms with Gasteiger partial charge in [-0.2, -0.15) is 0 Å². The highest BCUT2D eigenvalue weighted by molar-refractivity contribution is 5.44. The summed E-state index contributed by atoms with van der Waals surface area (Å²) in [6, 6.07) is 7.18. The average molecular weight is 260 g/mol. The van der Waals surface area contributed by atoms with Crippen molar-refractivity contribution in [3.05, 3.63) is 29.3 Å². The molecule has 1 N–H and O–H groups in total. The van der Waals surface area contributed by atoms with E-state index in [4.69, 9.17) is 0 Å². The third-order valence-electron chi connectivity index (χ3n) is 4.73. The molecule has 1 aliphatic carbocycles. The second kappa shape index (κ2) is 5.14. The van der Waals surface area contributed by atoms with Crippen LogP contribution in [0, 0.1) is 0 Å². The molecule has 0 radical (unpaired) electrons. The highest BCUT2D eigenvalue weighted by Crippen LogP contribution is 2.40. The Kier molecular flexibility index (Phi) is 3.50. The summed E-state index contributed by atoms with van der Waals surface area (Å²) in [7, 11) is 0. The molecule has 0 spiro atoms. The first-order chi connectivity index (χ1) is 9.16. The van der Waals surface area contributed by atoms with E-state index in [-0.39, 0.29) is 0 Å². The molecule has 3 heteroatoms. The first-order valence-corrected chi connectivity index (χ1v) is 7.45. The zero-order valence-electron chi connectivity index (χ0n) is 12.0. The van der Waals surface area contributed by atoms with E-state index >= 15 is 0 Å². The molecule has 1 aromatic rings. The number of phenols is 1. The predicted octanol–water partition coefficient (Wildman–Crippen LogP) is 2.41. The number of nitrogens with zero attached hydrogens (tertiary/aromatic N) is 2. The van der Waals surface area contributed by atoms with E-state index in [0.29, 0.717) is 17.8 Å². The van der Waals surface area contributed by atoms with Crippen molar-refractivity contribution in [3.63, 3.8) is 0 Å². The van der Waals surface area contributed by atoms with Gasteiger partial charge in [-0.15, -0.1) is 0 Å². The monoisotopic (exact) mass is 260 g/mol. The van der Waals surface area contributed by atoms with E-state index in [1.165, 1.54) is 24.2 Å². The molecule has 1 aliphatic heterocycles. The summed E-state index contributed by atoms with van der Waals surface area (Å²) in [6.07, 6.45) is 2.19. The Labute approximate surface area is 115 Å². The van der Waals surface area contributed by atoms with Gasteiger partial charge in [-0.05, 0) is 43.9 Å². The topological polar surface area (TPSA) is 26.7 Å². The molecule has 19 heavy (non-hydrogen) atoms. The molecule has 1 aromatic carbocycles. The lowest BCUT2D eigenvalue weighted by atomic mass is 10.1. The van der Waals surface area contributed by atoms with Crippen molar-refractivity contribution in [2.75, 3.05) is 26.2 Å². The Balaban J connectivity index is 1.72. The molecule has 3 rings (SSSR count). The van der Waals surface area contributed by atoms with E-state index in [1.807, 2.05) is 12.1 Å². The van der Waals surface area contributed by atoms with Crippen molar-refractivity contribution in [3.8, 4) is 5.75 Å². The van der Waals surface area contributed by atoms with Gasteiger partial charge in [0.1, 0.15) is 5.75 Å². The van der Waals surface area contributed by atoms with Crippen molar-refractivity contribution in [2.45, 2.75) is 38.8 Å². The molecule has 104 valence electrons. The van der Waals surface area contributed by atoms with Crippen LogP contribution in [0.2, 0.25) is 0 Å². The lowest BCUT2D eigenvalue weighted by molar-refractivity contribution is 0.0781. The second-order valence-corrected chi connectivity index (χ2v) is 6.07. The summed E-state index contributed by atoms with van der Waals surface area (Å²) in [5.74, 6) is 0.487. The summed E-state index contributed by atoms with van der Waals surface area (Å²) in [5.41, 5.74) is 2.54. The van der Waals surface area contributed by atoms with Gasteiger partial charge in [0, 0.05) is 38.3 Å². The lowest BCUT2D eigenvalue weighted by Crippen LogP contribution is -2.49. The van der Waals surface area contributed by atoms with Gasteiger partial charge in [0.25, 0.3) is 0 Å². The summed E-state index contributed by atoms with van der Waals surface area (Å²) >= 11 is 0. The number of fused-ring (bicyclic) bond motifs is 1. The van der Waals surface area contributed by atoms with Crippen molar-refractivity contribution in [2.24, 2.45) is 0 Å². The Bertz CT molecular complexity index is 450. The molecule has 0 amide bonds. The van der Waals surface area contributed by atoms with Crippen molar-refractivity contribution < 1.29 is 5.11 Å². The normalized spacial score (nSPS) is 24.9. The second-order valence-electron chi connectivity index (χ2n) is 6.07. The molecule has 0 bridgehead atoms. The molecule has 0 aromatic heterocycles. The Hall–Kier alpha value is -1.06. The fourth-order valence-corrected chi connectivity index (χ4v) is 3.56. The van der Waals surface area contributed by atoms with Crippen molar-refractivity contribution >= 4 is 0 Å². The minimum absolute atomic E-state index is 0.487. The summed E-state index contributed by atoms with van der Waals surface area (Å²) in [6.45, 7) is 9.19. The summed E-state index contributed by atoms with van der Waals surface area (Å²) < 4.78 is 0. The number of aromatic hydroxyl groups is 1. The number of rotatable bonds is 2. The molecule has 1 atom stereocenters. The fourth-order valence-electron chi connectivity index (χ4n) is 3.56. The van der Waals surface area contributed by atoms with Crippen LogP contribution >= 0.6 is 0 Å². The zero-order valence-corrected chi connectivity index (χ0v) is 12.0. The minimum Gasteiger partial charge on any atom is -0.508 e. The molecular weight excluding hydrogens is 236 g/mol. The van der Waals surface area contributed by atoms with Gasteiger partial charge >= 0.3 is 0 Å². The molecule has 2 aliphatic rings. The van der Waals surface area contributed by atoms with E-state index < -0.39 is 0 Å². The number of phenolic OH excluding ortho intramolecular Hbond substituents is 1. The number of benzene rings is 1. The number of hydrogen-bond donors (Lipinski definition) is 1. The van der Waals surface area contributed by atoms with Crippen LogP contribution < -0.4 is 0 Å². The molecule has 1 saturated heterocycles. The molecule has 0 saturated carbocycles. The van der Waals surface area contributed by atoms with Gasteiger partial charge in [-0.3, -0.25) is 9.80 Å². The Morgan fingerprint density at radius 1 is 1.16 bits per heavy atom. The van der Waals surface area contributed by atoms with E-state index in [1.54, 1.807) is 0 Å². The SMILES string of the molecule is CC(C)N1CCN(C2CCc3c(O)cccc32)CC1. The average Bonchev–Trinajstić information content (AvgIpc) is 2.84. The van der Waals surface area contributed by atoms with E-state index in [0.717, 1.165) is 25.9 Å². The first kappa shape index (κ1) is 12.9. The van der Waals surface area contributed by atoms with Gasteiger partial charge in [-0.25, -0.2) is 0 Å². The third-order valence-corrected chi connectivity index (χ3v) is 4.73. The van der Waals surface area contributed by atoms with E-state index in [2.05, 4.69) is 29.7 Å². The van der Waals surface area contributed by atoms with Crippen LogP contribution in [0.25, 0.3) is 0 Å². The van der Waals surface area contributed by atoms with Gasteiger partial charge in [0.05, 0.1) is 0 Å². The first-order valence-electron chi connectivity index (χ1n) is 7.45. The van der Waals surface area contributed by atoms with Crippen LogP contribution in [0.15, 0.2) is 18.2 Å². The maximum Gasteiger partial charge on any atom is 0.119 e. The van der Waals surface area contributed by atoms with Gasteiger partial charge in [0.15, 0.2) is 0 Å².